The lowest BCUT2D eigenvalue weighted by Crippen LogP contribution is -2.00. The molecule has 0 aliphatic carbocycles. The van der Waals surface area contributed by atoms with Gasteiger partial charge in [0.2, 0.25) is 5.89 Å². The fourth-order valence-electron chi connectivity index (χ4n) is 4.58. The van der Waals surface area contributed by atoms with Crippen LogP contribution in [0.25, 0.3) is 0 Å². The SMILES string of the molecule is CCCCCCCCCCCCCCCC(O)c1noc(CCCCCCCCCCC)n1. The van der Waals surface area contributed by atoms with Crippen molar-refractivity contribution in [2.24, 2.45) is 0 Å². The first-order valence-corrected chi connectivity index (χ1v) is 14.8. The highest BCUT2D eigenvalue weighted by Gasteiger charge is 2.15. The largest absolute Gasteiger partial charge is 0.385 e. The molecule has 0 spiro atoms. The molecule has 4 heteroatoms. The first kappa shape index (κ1) is 30.1. The first-order valence-electron chi connectivity index (χ1n) is 14.8. The number of aryl methyl sites for hydroxylation is 1. The molecule has 1 atom stereocenters. The molecule has 0 aromatic carbocycles. The molecule has 0 radical (unpaired) electrons. The predicted octanol–water partition coefficient (Wildman–Crippen LogP) is 9.66. The van der Waals surface area contributed by atoms with Gasteiger partial charge in [0.05, 0.1) is 0 Å². The van der Waals surface area contributed by atoms with Crippen molar-refractivity contribution < 1.29 is 9.63 Å². The van der Waals surface area contributed by atoms with Crippen LogP contribution in [0, 0.1) is 0 Å². The Morgan fingerprint density at radius 2 is 0.970 bits per heavy atom. The van der Waals surface area contributed by atoms with Crippen LogP contribution in [0.4, 0.5) is 0 Å². The Bertz CT molecular complexity index is 517. The summed E-state index contributed by atoms with van der Waals surface area (Å²) in [5.41, 5.74) is 0. The van der Waals surface area contributed by atoms with Crippen LogP contribution in [-0.2, 0) is 6.42 Å². The number of nitrogens with zero attached hydrogens (tertiary/aromatic N) is 2. The van der Waals surface area contributed by atoms with Crippen molar-refractivity contribution in [1.29, 1.82) is 0 Å². The van der Waals surface area contributed by atoms with E-state index in [9.17, 15) is 5.11 Å². The van der Waals surface area contributed by atoms with Crippen molar-refractivity contribution in [2.45, 2.75) is 174 Å². The maximum absolute atomic E-state index is 10.4. The van der Waals surface area contributed by atoms with E-state index in [4.69, 9.17) is 4.52 Å². The van der Waals surface area contributed by atoms with Gasteiger partial charge in [-0.25, -0.2) is 0 Å². The second-order valence-corrected chi connectivity index (χ2v) is 10.2. The fourth-order valence-corrected chi connectivity index (χ4v) is 4.58. The highest BCUT2D eigenvalue weighted by Crippen LogP contribution is 2.19. The number of hydrogen-bond donors (Lipinski definition) is 1. The fraction of sp³-hybridized carbons (Fsp3) is 0.931. The van der Waals surface area contributed by atoms with Gasteiger partial charge in [0.15, 0.2) is 5.82 Å². The summed E-state index contributed by atoms with van der Waals surface area (Å²) in [6.07, 6.45) is 30.3. The topological polar surface area (TPSA) is 59.2 Å². The molecule has 194 valence electrons. The van der Waals surface area contributed by atoms with Gasteiger partial charge >= 0.3 is 0 Å². The van der Waals surface area contributed by atoms with Crippen molar-refractivity contribution in [3.05, 3.63) is 11.7 Å². The van der Waals surface area contributed by atoms with E-state index < -0.39 is 6.10 Å². The van der Waals surface area contributed by atoms with E-state index in [1.165, 1.54) is 128 Å². The van der Waals surface area contributed by atoms with Crippen LogP contribution in [-0.4, -0.2) is 15.2 Å². The van der Waals surface area contributed by atoms with E-state index in [1.807, 2.05) is 0 Å². The molecule has 1 heterocycles. The third-order valence-corrected chi connectivity index (χ3v) is 6.86. The summed E-state index contributed by atoms with van der Waals surface area (Å²) in [5, 5.41) is 14.4. The molecule has 1 aromatic rings. The van der Waals surface area contributed by atoms with Crippen LogP contribution < -0.4 is 0 Å². The summed E-state index contributed by atoms with van der Waals surface area (Å²) >= 11 is 0. The first-order chi connectivity index (χ1) is 16.3. The van der Waals surface area contributed by atoms with Gasteiger partial charge in [-0.3, -0.25) is 0 Å². The van der Waals surface area contributed by atoms with E-state index in [0.29, 0.717) is 11.7 Å². The van der Waals surface area contributed by atoms with E-state index in [-0.39, 0.29) is 0 Å². The minimum Gasteiger partial charge on any atom is -0.385 e. The Kier molecular flexibility index (Phi) is 20.9. The number of hydrogen-bond acceptors (Lipinski definition) is 4. The summed E-state index contributed by atoms with van der Waals surface area (Å²) in [7, 11) is 0. The molecule has 0 saturated carbocycles. The summed E-state index contributed by atoms with van der Waals surface area (Å²) in [5.74, 6) is 1.18. The quantitative estimate of drug-likeness (QED) is 0.146. The molecule has 0 saturated heterocycles. The minimum atomic E-state index is -0.571. The normalized spacial score (nSPS) is 12.5. The summed E-state index contributed by atoms with van der Waals surface area (Å²) in [6, 6.07) is 0. The minimum absolute atomic E-state index is 0.486. The molecule has 4 nitrogen and oxygen atoms in total. The molecule has 1 aromatic heterocycles. The lowest BCUT2D eigenvalue weighted by Gasteiger charge is -2.06. The van der Waals surface area contributed by atoms with E-state index in [2.05, 4.69) is 24.0 Å². The zero-order valence-corrected chi connectivity index (χ0v) is 22.3. The molecule has 1 N–H and O–H groups in total. The Morgan fingerprint density at radius 1 is 0.576 bits per heavy atom. The van der Waals surface area contributed by atoms with Crippen molar-refractivity contribution in [3.63, 3.8) is 0 Å². The number of rotatable bonds is 25. The predicted molar refractivity (Wildman–Crippen MR) is 141 cm³/mol. The third kappa shape index (κ3) is 18.1. The molecule has 0 aliphatic rings. The van der Waals surface area contributed by atoms with Crippen molar-refractivity contribution >= 4 is 0 Å². The molecule has 1 unspecified atom stereocenters. The second-order valence-electron chi connectivity index (χ2n) is 10.2. The smallest absolute Gasteiger partial charge is 0.226 e. The molecule has 1 rings (SSSR count). The van der Waals surface area contributed by atoms with E-state index in [0.717, 1.165) is 25.7 Å². The van der Waals surface area contributed by atoms with Crippen molar-refractivity contribution in [3.8, 4) is 0 Å². The maximum Gasteiger partial charge on any atom is 0.226 e. The third-order valence-electron chi connectivity index (χ3n) is 6.86. The lowest BCUT2D eigenvalue weighted by molar-refractivity contribution is 0.150. The number of aliphatic hydroxyl groups is 1. The van der Waals surface area contributed by atoms with Gasteiger partial charge in [-0.15, -0.1) is 0 Å². The van der Waals surface area contributed by atoms with Crippen molar-refractivity contribution in [2.75, 3.05) is 0 Å². The number of aliphatic hydroxyl groups excluding tert-OH is 1. The van der Waals surface area contributed by atoms with Gasteiger partial charge < -0.3 is 9.63 Å². The van der Waals surface area contributed by atoms with Gasteiger partial charge in [0.1, 0.15) is 6.10 Å². The average molecular weight is 465 g/mol. The Hall–Kier alpha value is -0.900. The van der Waals surface area contributed by atoms with Crippen LogP contribution in [0.2, 0.25) is 0 Å². The molecular weight excluding hydrogens is 408 g/mol. The Morgan fingerprint density at radius 3 is 1.42 bits per heavy atom. The Balaban J connectivity index is 1.92. The number of aromatic nitrogens is 2. The zero-order valence-electron chi connectivity index (χ0n) is 22.3. The van der Waals surface area contributed by atoms with Crippen molar-refractivity contribution in [1.82, 2.24) is 10.1 Å². The molecular formula is C29H56N2O2. The lowest BCUT2D eigenvalue weighted by atomic mass is 10.0. The number of unbranched alkanes of at least 4 members (excludes halogenated alkanes) is 20. The van der Waals surface area contributed by atoms with Crippen LogP contribution in [0.3, 0.4) is 0 Å². The molecule has 33 heavy (non-hydrogen) atoms. The van der Waals surface area contributed by atoms with Gasteiger partial charge in [0, 0.05) is 6.42 Å². The molecule has 0 aliphatic heterocycles. The second kappa shape index (κ2) is 22.9. The average Bonchev–Trinajstić information content (AvgIpc) is 3.30. The van der Waals surface area contributed by atoms with Crippen LogP contribution in [0.15, 0.2) is 4.52 Å². The van der Waals surface area contributed by atoms with Crippen LogP contribution in [0.5, 0.6) is 0 Å². The van der Waals surface area contributed by atoms with Crippen LogP contribution >= 0.6 is 0 Å². The molecule has 0 fully saturated rings. The molecule has 0 bridgehead atoms. The van der Waals surface area contributed by atoms with Gasteiger partial charge in [-0.1, -0.05) is 154 Å². The monoisotopic (exact) mass is 464 g/mol. The van der Waals surface area contributed by atoms with Crippen LogP contribution in [0.1, 0.15) is 179 Å². The molecule has 0 amide bonds. The standard InChI is InChI=1S/C29H56N2O2/c1-3-5-7-9-11-13-14-15-16-18-19-21-23-25-27(32)29-30-28(33-31-29)26-24-22-20-17-12-10-8-6-4-2/h27,32H,3-26H2,1-2H3. The zero-order chi connectivity index (χ0) is 23.8. The van der Waals surface area contributed by atoms with E-state index in [1.54, 1.807) is 0 Å². The highest BCUT2D eigenvalue weighted by atomic mass is 16.5. The Labute approximate surface area is 205 Å². The summed E-state index contributed by atoms with van der Waals surface area (Å²) in [6.45, 7) is 4.55. The highest BCUT2D eigenvalue weighted by molar-refractivity contribution is 4.90. The van der Waals surface area contributed by atoms with Gasteiger partial charge in [0.25, 0.3) is 0 Å². The summed E-state index contributed by atoms with van der Waals surface area (Å²) < 4.78 is 5.36. The van der Waals surface area contributed by atoms with Gasteiger partial charge in [-0.05, 0) is 12.8 Å². The van der Waals surface area contributed by atoms with E-state index >= 15 is 0 Å². The summed E-state index contributed by atoms with van der Waals surface area (Å²) in [4.78, 5) is 4.43. The maximum atomic E-state index is 10.4. The van der Waals surface area contributed by atoms with Gasteiger partial charge in [-0.2, -0.15) is 4.98 Å².